The lowest BCUT2D eigenvalue weighted by atomic mass is 9.96. The van der Waals surface area contributed by atoms with E-state index in [0.717, 1.165) is 21.6 Å². The minimum Gasteiger partial charge on any atom is -0.488 e. The Bertz CT molecular complexity index is 695. The third-order valence-corrected chi connectivity index (χ3v) is 4.27. The summed E-state index contributed by atoms with van der Waals surface area (Å²) in [6, 6.07) is 8.79. The van der Waals surface area contributed by atoms with Crippen LogP contribution in [0.4, 0.5) is 4.39 Å². The summed E-state index contributed by atoms with van der Waals surface area (Å²) in [7, 11) is -1.05. The normalized spacial score (nSPS) is 14.3. The average molecular weight is 276 g/mol. The predicted molar refractivity (Wildman–Crippen MR) is 73.2 cm³/mol. The summed E-state index contributed by atoms with van der Waals surface area (Å²) in [6.45, 7) is 2.18. The van der Waals surface area contributed by atoms with E-state index in [4.69, 9.17) is 4.74 Å². The van der Waals surface area contributed by atoms with E-state index in [1.54, 1.807) is 19.2 Å². The molecule has 0 spiro atoms. The van der Waals surface area contributed by atoms with Crippen LogP contribution in [-0.4, -0.2) is 10.5 Å². The van der Waals surface area contributed by atoms with Crippen molar-refractivity contribution in [2.75, 3.05) is 6.26 Å². The van der Waals surface area contributed by atoms with E-state index in [2.05, 4.69) is 0 Å². The highest BCUT2D eigenvalue weighted by atomic mass is 32.2. The Morgan fingerprint density at radius 3 is 2.74 bits per heavy atom. The van der Waals surface area contributed by atoms with Crippen molar-refractivity contribution in [3.63, 3.8) is 0 Å². The first kappa shape index (κ1) is 12.4. The second-order valence-electron chi connectivity index (χ2n) is 4.66. The number of ether oxygens (including phenoxy) is 1. The highest BCUT2D eigenvalue weighted by molar-refractivity contribution is 7.84. The van der Waals surface area contributed by atoms with Gasteiger partial charge in [-0.2, -0.15) is 0 Å². The van der Waals surface area contributed by atoms with Gasteiger partial charge in [-0.3, -0.25) is 4.21 Å². The van der Waals surface area contributed by atoms with Gasteiger partial charge in [0, 0.05) is 27.5 Å². The second kappa shape index (κ2) is 4.46. The second-order valence-corrected chi connectivity index (χ2v) is 6.04. The molecule has 4 heteroatoms. The Balaban J connectivity index is 2.24. The summed E-state index contributed by atoms with van der Waals surface area (Å²) < 4.78 is 31.0. The maximum atomic E-state index is 13.7. The molecule has 0 saturated carbocycles. The van der Waals surface area contributed by atoms with Gasteiger partial charge >= 0.3 is 0 Å². The van der Waals surface area contributed by atoms with Crippen LogP contribution < -0.4 is 4.74 Å². The lowest BCUT2D eigenvalue weighted by molar-refractivity contribution is 0.301. The third kappa shape index (κ3) is 2.06. The third-order valence-electron chi connectivity index (χ3n) is 3.35. The minimum atomic E-state index is -1.05. The molecule has 0 radical (unpaired) electrons. The topological polar surface area (TPSA) is 26.3 Å². The van der Waals surface area contributed by atoms with Crippen LogP contribution in [0.1, 0.15) is 11.1 Å². The first-order valence-electron chi connectivity index (χ1n) is 5.96. The molecule has 0 aliphatic carbocycles. The zero-order valence-electron chi connectivity index (χ0n) is 10.7. The fourth-order valence-electron chi connectivity index (χ4n) is 2.25. The number of halogens is 1. The molecule has 0 bridgehead atoms. The molecule has 1 atom stereocenters. The van der Waals surface area contributed by atoms with Gasteiger partial charge in [0.25, 0.3) is 0 Å². The van der Waals surface area contributed by atoms with Crippen molar-refractivity contribution in [3.05, 3.63) is 47.3 Å². The smallest absolute Gasteiger partial charge is 0.128 e. The molecule has 0 fully saturated rings. The minimum absolute atomic E-state index is 0.252. The van der Waals surface area contributed by atoms with Crippen molar-refractivity contribution in [3.8, 4) is 16.9 Å². The first-order valence-corrected chi connectivity index (χ1v) is 7.52. The first-order chi connectivity index (χ1) is 9.06. The van der Waals surface area contributed by atoms with Crippen LogP contribution in [0.25, 0.3) is 11.1 Å². The Morgan fingerprint density at radius 1 is 1.21 bits per heavy atom. The average Bonchev–Trinajstić information content (AvgIpc) is 2.39. The van der Waals surface area contributed by atoms with Crippen molar-refractivity contribution in [2.24, 2.45) is 0 Å². The van der Waals surface area contributed by atoms with Crippen molar-refractivity contribution in [1.82, 2.24) is 0 Å². The number of rotatable bonds is 1. The molecular weight excluding hydrogens is 263 g/mol. The van der Waals surface area contributed by atoms with Gasteiger partial charge in [0.1, 0.15) is 18.2 Å². The molecule has 2 aromatic carbocycles. The SMILES string of the molecule is Cc1cc2c(cc1F)-c1cc(S(C)=O)ccc1CO2. The summed E-state index contributed by atoms with van der Waals surface area (Å²) in [4.78, 5) is 0.743. The van der Waals surface area contributed by atoms with Crippen LogP contribution in [0, 0.1) is 12.7 Å². The van der Waals surface area contributed by atoms with Gasteiger partial charge < -0.3 is 4.74 Å². The van der Waals surface area contributed by atoms with E-state index in [1.165, 1.54) is 6.07 Å². The highest BCUT2D eigenvalue weighted by Gasteiger charge is 2.19. The van der Waals surface area contributed by atoms with Crippen molar-refractivity contribution in [2.45, 2.75) is 18.4 Å². The van der Waals surface area contributed by atoms with Crippen LogP contribution in [-0.2, 0) is 17.4 Å². The zero-order chi connectivity index (χ0) is 13.6. The Hall–Kier alpha value is -1.68. The van der Waals surface area contributed by atoms with Gasteiger partial charge in [-0.25, -0.2) is 4.39 Å². The van der Waals surface area contributed by atoms with E-state index in [0.29, 0.717) is 17.9 Å². The van der Waals surface area contributed by atoms with Crippen LogP contribution in [0.5, 0.6) is 5.75 Å². The molecule has 0 saturated heterocycles. The monoisotopic (exact) mass is 276 g/mol. The molecular formula is C15H13FO2S. The Kier molecular flexibility index (Phi) is 2.90. The molecule has 1 aliphatic rings. The standard InChI is InChI=1S/C15H13FO2S/c1-9-5-15-13(7-14(9)16)12-6-11(19(2)17)4-3-10(12)8-18-15/h3-7H,8H2,1-2H3. The Labute approximate surface area is 113 Å². The van der Waals surface area contributed by atoms with Gasteiger partial charge in [-0.05, 0) is 47.9 Å². The summed E-state index contributed by atoms with van der Waals surface area (Å²) >= 11 is 0. The molecule has 1 unspecified atom stereocenters. The van der Waals surface area contributed by atoms with Crippen LogP contribution >= 0.6 is 0 Å². The number of hydrogen-bond acceptors (Lipinski definition) is 2. The lowest BCUT2D eigenvalue weighted by Gasteiger charge is -2.22. The van der Waals surface area contributed by atoms with E-state index in [-0.39, 0.29) is 5.82 Å². The largest absolute Gasteiger partial charge is 0.488 e. The molecule has 2 aromatic rings. The van der Waals surface area contributed by atoms with Crippen molar-refractivity contribution < 1.29 is 13.3 Å². The van der Waals surface area contributed by atoms with Gasteiger partial charge in [0.05, 0.1) is 0 Å². The molecule has 3 rings (SSSR count). The predicted octanol–water partition coefficient (Wildman–Crippen LogP) is 3.43. The molecule has 1 aliphatic heterocycles. The van der Waals surface area contributed by atoms with E-state index < -0.39 is 10.8 Å². The van der Waals surface area contributed by atoms with Gasteiger partial charge in [-0.15, -0.1) is 0 Å². The Morgan fingerprint density at radius 2 is 2.00 bits per heavy atom. The van der Waals surface area contributed by atoms with Gasteiger partial charge in [0.15, 0.2) is 0 Å². The molecule has 19 heavy (non-hydrogen) atoms. The van der Waals surface area contributed by atoms with E-state index in [1.807, 2.05) is 18.2 Å². The van der Waals surface area contributed by atoms with Crippen LogP contribution in [0.15, 0.2) is 35.2 Å². The maximum Gasteiger partial charge on any atom is 0.128 e. The quantitative estimate of drug-likeness (QED) is 0.797. The van der Waals surface area contributed by atoms with Crippen molar-refractivity contribution in [1.29, 1.82) is 0 Å². The zero-order valence-corrected chi connectivity index (χ0v) is 11.5. The van der Waals surface area contributed by atoms with Crippen LogP contribution in [0.2, 0.25) is 0 Å². The summed E-state index contributed by atoms with van der Waals surface area (Å²) in [5, 5.41) is 0. The van der Waals surface area contributed by atoms with Crippen LogP contribution in [0.3, 0.4) is 0 Å². The number of aryl methyl sites for hydroxylation is 1. The molecule has 0 amide bonds. The fraction of sp³-hybridized carbons (Fsp3) is 0.200. The van der Waals surface area contributed by atoms with E-state index in [9.17, 15) is 8.60 Å². The fourth-order valence-corrected chi connectivity index (χ4v) is 2.79. The number of fused-ring (bicyclic) bond motifs is 3. The molecule has 0 N–H and O–H groups in total. The molecule has 2 nitrogen and oxygen atoms in total. The number of hydrogen-bond donors (Lipinski definition) is 0. The summed E-state index contributed by atoms with van der Waals surface area (Å²) in [5.41, 5.74) is 3.20. The highest BCUT2D eigenvalue weighted by Crippen LogP contribution is 2.39. The summed E-state index contributed by atoms with van der Waals surface area (Å²) in [6.07, 6.45) is 1.64. The van der Waals surface area contributed by atoms with Gasteiger partial charge in [-0.1, -0.05) is 6.07 Å². The lowest BCUT2D eigenvalue weighted by Crippen LogP contribution is -2.07. The van der Waals surface area contributed by atoms with Gasteiger partial charge in [0.2, 0.25) is 0 Å². The molecule has 0 aromatic heterocycles. The maximum absolute atomic E-state index is 13.7. The van der Waals surface area contributed by atoms with Crippen molar-refractivity contribution >= 4 is 10.8 Å². The number of benzene rings is 2. The van der Waals surface area contributed by atoms with E-state index >= 15 is 0 Å². The molecule has 1 heterocycles. The molecule has 98 valence electrons. The summed E-state index contributed by atoms with van der Waals surface area (Å²) in [5.74, 6) is 0.434.